The third-order valence-corrected chi connectivity index (χ3v) is 4.25. The van der Waals surface area contributed by atoms with Gasteiger partial charge < -0.3 is 5.32 Å². The summed E-state index contributed by atoms with van der Waals surface area (Å²) in [4.78, 5) is 11.9. The van der Waals surface area contributed by atoms with Gasteiger partial charge in [0.25, 0.3) is 12.3 Å². The van der Waals surface area contributed by atoms with Crippen molar-refractivity contribution < 1.29 is 13.6 Å². The van der Waals surface area contributed by atoms with Crippen LogP contribution in [0.4, 0.5) is 14.5 Å². The molecule has 1 N–H and O–H groups in total. The number of alkyl halides is 2. The minimum absolute atomic E-state index is 0.114. The van der Waals surface area contributed by atoms with Crippen molar-refractivity contribution in [1.82, 2.24) is 9.78 Å². The molecule has 0 aliphatic heterocycles. The minimum atomic E-state index is -2.78. The van der Waals surface area contributed by atoms with Gasteiger partial charge in [0.2, 0.25) is 0 Å². The molecule has 1 aromatic heterocycles. The van der Waals surface area contributed by atoms with Gasteiger partial charge in [-0.1, -0.05) is 18.2 Å². The third-order valence-electron chi connectivity index (χ3n) is 4.25. The summed E-state index contributed by atoms with van der Waals surface area (Å²) in [6, 6.07) is 8.64. The number of anilines is 1. The van der Waals surface area contributed by atoms with Crippen LogP contribution in [-0.4, -0.2) is 15.7 Å². The number of amides is 1. The topological polar surface area (TPSA) is 46.9 Å². The Hall–Kier alpha value is -2.24. The zero-order valence-electron chi connectivity index (χ0n) is 13.6. The Morgan fingerprint density at radius 2 is 1.75 bits per heavy atom. The Bertz CT molecular complexity index is 682. The molecule has 2 fully saturated rings. The molecule has 4 nitrogen and oxygen atoms in total. The molecule has 0 spiro atoms. The first-order valence-corrected chi connectivity index (χ1v) is 8.22. The Morgan fingerprint density at radius 3 is 2.25 bits per heavy atom. The molecule has 0 saturated heterocycles. The highest BCUT2D eigenvalue weighted by molar-refractivity contribution is 6.04. The molecule has 0 bridgehead atoms. The van der Waals surface area contributed by atoms with E-state index in [1.807, 2.05) is 0 Å². The van der Waals surface area contributed by atoms with Gasteiger partial charge in [-0.3, -0.25) is 9.48 Å². The number of benzene rings is 1. The molecule has 1 amide bonds. The van der Waals surface area contributed by atoms with E-state index in [9.17, 15) is 13.6 Å². The largest absolute Gasteiger partial charge is 0.322 e. The monoisotopic (exact) mass is 333 g/mol. The molecule has 4 rings (SSSR count). The summed E-state index contributed by atoms with van der Waals surface area (Å²) in [6.07, 6.45) is 4.74. The zero-order chi connectivity index (χ0) is 17.1. The first-order chi connectivity index (χ1) is 11.5. The van der Waals surface area contributed by atoms with Gasteiger partial charge in [-0.25, -0.2) is 8.78 Å². The molecular formula is C18H21F2N3O. The van der Waals surface area contributed by atoms with E-state index in [1.165, 1.54) is 29.8 Å². The second kappa shape index (κ2) is 7.11. The van der Waals surface area contributed by atoms with Gasteiger partial charge in [-0.05, 0) is 49.7 Å². The van der Waals surface area contributed by atoms with E-state index in [0.717, 1.165) is 0 Å². The molecular weight excluding hydrogens is 312 g/mol. The van der Waals surface area contributed by atoms with E-state index in [2.05, 4.69) is 10.4 Å². The number of hydrogen-bond acceptors (Lipinski definition) is 2. The second-order valence-electron chi connectivity index (χ2n) is 6.40. The summed E-state index contributed by atoms with van der Waals surface area (Å²) >= 11 is 0. The molecule has 128 valence electrons. The van der Waals surface area contributed by atoms with Crippen LogP contribution in [0.15, 0.2) is 36.5 Å². The Kier molecular flexibility index (Phi) is 4.92. The summed E-state index contributed by atoms with van der Waals surface area (Å²) in [7, 11) is 1.49. The summed E-state index contributed by atoms with van der Waals surface area (Å²) in [5, 5.41) is 6.12. The van der Waals surface area contributed by atoms with Gasteiger partial charge >= 0.3 is 0 Å². The maximum absolute atomic E-state index is 12.7. The first-order valence-electron chi connectivity index (χ1n) is 8.22. The SMILES string of the molecule is C1CC1C1CC1.Cn1cc(C(=O)Nc2ccccc2)c(C(F)F)n1. The minimum Gasteiger partial charge on any atom is -0.322 e. The quantitative estimate of drug-likeness (QED) is 0.900. The van der Waals surface area contributed by atoms with Gasteiger partial charge in [0.1, 0.15) is 5.69 Å². The smallest absolute Gasteiger partial charge is 0.282 e. The van der Waals surface area contributed by atoms with Crippen molar-refractivity contribution in [1.29, 1.82) is 0 Å². The average Bonchev–Trinajstić information content (AvgIpc) is 3.44. The van der Waals surface area contributed by atoms with Crippen LogP contribution in [0.25, 0.3) is 0 Å². The Morgan fingerprint density at radius 1 is 1.17 bits per heavy atom. The number of nitrogens with zero attached hydrogens (tertiary/aromatic N) is 2. The van der Waals surface area contributed by atoms with Crippen molar-refractivity contribution in [2.45, 2.75) is 32.1 Å². The van der Waals surface area contributed by atoms with Crippen LogP contribution in [0.2, 0.25) is 0 Å². The van der Waals surface area contributed by atoms with Crippen molar-refractivity contribution in [2.24, 2.45) is 18.9 Å². The van der Waals surface area contributed by atoms with E-state index in [-0.39, 0.29) is 5.56 Å². The maximum atomic E-state index is 12.7. The highest BCUT2D eigenvalue weighted by atomic mass is 19.3. The van der Waals surface area contributed by atoms with Gasteiger partial charge in [0.15, 0.2) is 0 Å². The standard InChI is InChI=1S/C12H11F2N3O.C6H10/c1-17-7-9(10(16-17)11(13)14)12(18)15-8-5-3-2-4-6-8;1-2-5(1)6-3-4-6/h2-7,11H,1H3,(H,15,18);5-6H,1-4H2. The second-order valence-corrected chi connectivity index (χ2v) is 6.40. The molecule has 0 atom stereocenters. The van der Waals surface area contributed by atoms with E-state index in [0.29, 0.717) is 5.69 Å². The number of halogens is 2. The molecule has 6 heteroatoms. The molecule has 24 heavy (non-hydrogen) atoms. The molecule has 0 radical (unpaired) electrons. The summed E-state index contributed by atoms with van der Waals surface area (Å²) in [5.74, 6) is 1.83. The van der Waals surface area contributed by atoms with Crippen LogP contribution >= 0.6 is 0 Å². The fraction of sp³-hybridized carbons (Fsp3) is 0.444. The van der Waals surface area contributed by atoms with Crippen LogP contribution in [-0.2, 0) is 7.05 Å². The van der Waals surface area contributed by atoms with Crippen LogP contribution in [0.5, 0.6) is 0 Å². The van der Waals surface area contributed by atoms with Crippen molar-refractivity contribution in [3.05, 3.63) is 47.8 Å². The lowest BCUT2D eigenvalue weighted by molar-refractivity contribution is 0.101. The lowest BCUT2D eigenvalue weighted by Crippen LogP contribution is -2.13. The van der Waals surface area contributed by atoms with E-state index < -0.39 is 18.0 Å². The Balaban J connectivity index is 0.000000231. The molecule has 2 saturated carbocycles. The summed E-state index contributed by atoms with van der Waals surface area (Å²) in [6.45, 7) is 0. The molecule has 2 aliphatic carbocycles. The number of aryl methyl sites for hydroxylation is 1. The van der Waals surface area contributed by atoms with Crippen LogP contribution < -0.4 is 5.32 Å². The number of carbonyl (C=O) groups excluding carboxylic acids is 1. The maximum Gasteiger partial charge on any atom is 0.282 e. The highest BCUT2D eigenvalue weighted by Crippen LogP contribution is 2.49. The van der Waals surface area contributed by atoms with Crippen molar-refractivity contribution in [3.63, 3.8) is 0 Å². The van der Waals surface area contributed by atoms with Gasteiger partial charge in [0, 0.05) is 18.9 Å². The number of aromatic nitrogens is 2. The number of para-hydroxylation sites is 1. The van der Waals surface area contributed by atoms with Gasteiger partial charge in [-0.2, -0.15) is 5.10 Å². The molecule has 0 unspecified atom stereocenters. The molecule has 1 aromatic carbocycles. The van der Waals surface area contributed by atoms with E-state index >= 15 is 0 Å². The predicted octanol–water partition coefficient (Wildman–Crippen LogP) is 4.42. The normalized spacial score (nSPS) is 16.5. The lowest BCUT2D eigenvalue weighted by atomic mass is 10.2. The predicted molar refractivity (Wildman–Crippen MR) is 88.0 cm³/mol. The highest BCUT2D eigenvalue weighted by Gasteiger charge is 2.37. The van der Waals surface area contributed by atoms with E-state index in [1.54, 1.807) is 56.0 Å². The third kappa shape index (κ3) is 4.40. The number of hydrogen-bond donors (Lipinski definition) is 1. The average molecular weight is 333 g/mol. The van der Waals surface area contributed by atoms with Crippen molar-refractivity contribution in [2.75, 3.05) is 5.32 Å². The summed E-state index contributed by atoms with van der Waals surface area (Å²) < 4.78 is 26.6. The van der Waals surface area contributed by atoms with Crippen molar-refractivity contribution in [3.8, 4) is 0 Å². The fourth-order valence-corrected chi connectivity index (χ4v) is 2.70. The lowest BCUT2D eigenvalue weighted by Gasteiger charge is -2.04. The molecule has 2 aromatic rings. The van der Waals surface area contributed by atoms with Crippen LogP contribution in [0, 0.1) is 11.8 Å². The number of nitrogens with one attached hydrogen (secondary N) is 1. The van der Waals surface area contributed by atoms with Crippen LogP contribution in [0.1, 0.15) is 48.2 Å². The van der Waals surface area contributed by atoms with Gasteiger partial charge in [0.05, 0.1) is 5.56 Å². The van der Waals surface area contributed by atoms with Crippen LogP contribution in [0.3, 0.4) is 0 Å². The Labute approximate surface area is 139 Å². The van der Waals surface area contributed by atoms with E-state index in [4.69, 9.17) is 0 Å². The number of rotatable bonds is 4. The van der Waals surface area contributed by atoms with Crippen molar-refractivity contribution >= 4 is 11.6 Å². The molecule has 1 heterocycles. The fourth-order valence-electron chi connectivity index (χ4n) is 2.70. The number of carbonyl (C=O) groups is 1. The molecule has 2 aliphatic rings. The summed E-state index contributed by atoms with van der Waals surface area (Å²) in [5.41, 5.74) is -0.0751. The van der Waals surface area contributed by atoms with Gasteiger partial charge in [-0.15, -0.1) is 0 Å². The first kappa shape index (κ1) is 16.6. The zero-order valence-corrected chi connectivity index (χ0v) is 13.6.